The number of aliphatic hydroxyl groups is 2. The Morgan fingerprint density at radius 3 is 1.01 bits per heavy atom. The Balaban J connectivity index is 3.40. The molecule has 6 nitrogen and oxygen atoms in total. The van der Waals surface area contributed by atoms with Gasteiger partial charge in [0.1, 0.15) is 0 Å². The summed E-state index contributed by atoms with van der Waals surface area (Å²) in [5, 5.41) is 23.4. The maximum Gasteiger partial charge on any atom is 0.305 e. The molecule has 0 aliphatic rings. The lowest BCUT2D eigenvalue weighted by molar-refractivity contribution is -0.143. The van der Waals surface area contributed by atoms with Crippen LogP contribution in [-0.2, 0) is 14.3 Å². The van der Waals surface area contributed by atoms with Crippen molar-refractivity contribution in [3.63, 3.8) is 0 Å². The van der Waals surface area contributed by atoms with E-state index < -0.39 is 12.1 Å². The van der Waals surface area contributed by atoms with Crippen molar-refractivity contribution < 1.29 is 24.5 Å². The van der Waals surface area contributed by atoms with Crippen molar-refractivity contribution in [2.75, 3.05) is 13.2 Å². The predicted molar refractivity (Wildman–Crippen MR) is 343 cm³/mol. The molecule has 0 rings (SSSR count). The van der Waals surface area contributed by atoms with Crippen LogP contribution >= 0.6 is 0 Å². The molecule has 1 amide bonds. The summed E-state index contributed by atoms with van der Waals surface area (Å²) in [7, 11) is 0. The monoisotopic (exact) mass is 1100 g/mol. The Labute approximate surface area is 487 Å². The van der Waals surface area contributed by atoms with Gasteiger partial charge in [0, 0.05) is 12.8 Å². The third kappa shape index (κ3) is 63.3. The molecule has 0 aromatic heterocycles. The lowest BCUT2D eigenvalue weighted by Crippen LogP contribution is -2.45. The van der Waals surface area contributed by atoms with Crippen LogP contribution in [0.2, 0.25) is 0 Å². The molecule has 0 bridgehead atoms. The summed E-state index contributed by atoms with van der Waals surface area (Å²) in [6.45, 7) is 4.96. The molecular weight excluding hydrogens is 959 g/mol. The fraction of sp³-hybridized carbons (Fsp3) is 0.889. The van der Waals surface area contributed by atoms with Gasteiger partial charge in [0.05, 0.1) is 25.4 Å². The number of amides is 1. The lowest BCUT2D eigenvalue weighted by atomic mass is 10.0. The summed E-state index contributed by atoms with van der Waals surface area (Å²) in [4.78, 5) is 24.6. The molecule has 0 aliphatic heterocycles. The van der Waals surface area contributed by atoms with Crippen molar-refractivity contribution in [3.8, 4) is 0 Å². The highest BCUT2D eigenvalue weighted by Crippen LogP contribution is 2.18. The van der Waals surface area contributed by atoms with Gasteiger partial charge < -0.3 is 20.3 Å². The average Bonchev–Trinajstić information content (AvgIpc) is 3.44. The quantitative estimate of drug-likeness (QED) is 0.0320. The standard InChI is InChI=1S/C72H137NO5/c1-3-5-7-9-11-13-15-17-19-21-28-32-36-40-44-48-52-56-60-64-70(75)69(68-74)73-71(76)65-61-57-53-49-45-41-37-33-30-26-24-23-25-27-31-35-39-43-47-51-55-59-63-67-78-72(77)66-62-58-54-50-46-42-38-34-29-22-20-18-16-14-12-10-8-6-4-2/h12,14,18,20,26,30,69-70,74-75H,3-11,13,15-17,19,21-25,27-29,31-68H2,1-2H3,(H,73,76)/b14-12-,20-18-,30-26-. The van der Waals surface area contributed by atoms with Crippen molar-refractivity contribution in [3.05, 3.63) is 36.5 Å². The highest BCUT2D eigenvalue weighted by molar-refractivity contribution is 5.76. The van der Waals surface area contributed by atoms with Crippen molar-refractivity contribution in [2.24, 2.45) is 0 Å². The largest absolute Gasteiger partial charge is 0.466 e. The Morgan fingerprint density at radius 1 is 0.359 bits per heavy atom. The second kappa shape index (κ2) is 67.6. The number of carbonyl (C=O) groups is 2. The Morgan fingerprint density at radius 2 is 0.641 bits per heavy atom. The molecule has 2 atom stereocenters. The van der Waals surface area contributed by atoms with Crippen LogP contribution in [-0.4, -0.2) is 47.4 Å². The van der Waals surface area contributed by atoms with Crippen LogP contribution < -0.4 is 5.32 Å². The van der Waals surface area contributed by atoms with Crippen LogP contribution in [0.4, 0.5) is 0 Å². The topological polar surface area (TPSA) is 95.9 Å². The third-order valence-corrected chi connectivity index (χ3v) is 16.4. The van der Waals surface area contributed by atoms with E-state index in [9.17, 15) is 19.8 Å². The maximum absolute atomic E-state index is 12.5. The van der Waals surface area contributed by atoms with Crippen LogP contribution in [0.3, 0.4) is 0 Å². The Bertz CT molecular complexity index is 1260. The molecular formula is C72H137NO5. The molecule has 0 aliphatic carbocycles. The number of ether oxygens (including phenoxy) is 1. The Kier molecular flexibility index (Phi) is 65.9. The summed E-state index contributed by atoms with van der Waals surface area (Å²) in [5.74, 6) is -0.0296. The first kappa shape index (κ1) is 76.1. The van der Waals surface area contributed by atoms with E-state index >= 15 is 0 Å². The number of hydrogen-bond donors (Lipinski definition) is 3. The minimum atomic E-state index is -0.669. The number of nitrogens with one attached hydrogen (secondary N) is 1. The second-order valence-corrected chi connectivity index (χ2v) is 24.2. The highest BCUT2D eigenvalue weighted by Gasteiger charge is 2.20. The lowest BCUT2D eigenvalue weighted by Gasteiger charge is -2.22. The van der Waals surface area contributed by atoms with E-state index in [0.29, 0.717) is 25.9 Å². The summed E-state index contributed by atoms with van der Waals surface area (Å²) in [6, 6.07) is -0.547. The van der Waals surface area contributed by atoms with Crippen LogP contribution in [0.25, 0.3) is 0 Å². The van der Waals surface area contributed by atoms with Crippen molar-refractivity contribution >= 4 is 11.9 Å². The van der Waals surface area contributed by atoms with Gasteiger partial charge in [0.15, 0.2) is 0 Å². The molecule has 78 heavy (non-hydrogen) atoms. The van der Waals surface area contributed by atoms with Crippen LogP contribution in [0.15, 0.2) is 36.5 Å². The number of hydrogen-bond acceptors (Lipinski definition) is 5. The van der Waals surface area contributed by atoms with Gasteiger partial charge in [-0.15, -0.1) is 0 Å². The molecule has 3 N–H and O–H groups in total. The number of carbonyl (C=O) groups excluding carboxylic acids is 2. The maximum atomic E-state index is 12.5. The molecule has 0 radical (unpaired) electrons. The summed E-state index contributed by atoms with van der Waals surface area (Å²) < 4.78 is 5.50. The van der Waals surface area contributed by atoms with Gasteiger partial charge in [-0.1, -0.05) is 326 Å². The zero-order valence-electron chi connectivity index (χ0n) is 52.7. The molecule has 0 spiro atoms. The van der Waals surface area contributed by atoms with Crippen LogP contribution in [0.5, 0.6) is 0 Å². The van der Waals surface area contributed by atoms with E-state index in [2.05, 4.69) is 55.6 Å². The van der Waals surface area contributed by atoms with Crippen molar-refractivity contribution in [2.45, 2.75) is 398 Å². The van der Waals surface area contributed by atoms with E-state index in [1.165, 1.54) is 302 Å². The third-order valence-electron chi connectivity index (χ3n) is 16.4. The molecule has 0 aromatic carbocycles. The summed E-state index contributed by atoms with van der Waals surface area (Å²) >= 11 is 0. The van der Waals surface area contributed by atoms with E-state index in [1.54, 1.807) is 0 Å². The Hall–Kier alpha value is -1.92. The number of rotatable bonds is 66. The van der Waals surface area contributed by atoms with Gasteiger partial charge in [-0.05, 0) is 83.5 Å². The van der Waals surface area contributed by atoms with E-state index in [1.807, 2.05) is 0 Å². The first-order valence-electron chi connectivity index (χ1n) is 35.2. The number of esters is 1. The van der Waals surface area contributed by atoms with Crippen LogP contribution in [0, 0.1) is 0 Å². The number of allylic oxidation sites excluding steroid dienone is 6. The minimum absolute atomic E-state index is 0.00837. The molecule has 0 heterocycles. The average molecular weight is 1100 g/mol. The first-order valence-corrected chi connectivity index (χ1v) is 35.2. The number of unbranched alkanes of at least 4 members (excludes halogenated alkanes) is 49. The van der Waals surface area contributed by atoms with Crippen molar-refractivity contribution in [1.29, 1.82) is 0 Å². The first-order chi connectivity index (χ1) is 38.5. The normalized spacial score (nSPS) is 12.7. The molecule has 6 heteroatoms. The van der Waals surface area contributed by atoms with Crippen molar-refractivity contribution in [1.82, 2.24) is 5.32 Å². The highest BCUT2D eigenvalue weighted by atomic mass is 16.5. The van der Waals surface area contributed by atoms with E-state index in [4.69, 9.17) is 4.74 Å². The van der Waals surface area contributed by atoms with Gasteiger partial charge in [-0.2, -0.15) is 0 Å². The smallest absolute Gasteiger partial charge is 0.305 e. The summed E-state index contributed by atoms with van der Waals surface area (Å²) in [6.07, 6.45) is 86.1. The zero-order chi connectivity index (χ0) is 56.4. The van der Waals surface area contributed by atoms with Gasteiger partial charge in [0.2, 0.25) is 5.91 Å². The summed E-state index contributed by atoms with van der Waals surface area (Å²) in [5.41, 5.74) is 0. The molecule has 0 saturated carbocycles. The van der Waals surface area contributed by atoms with Crippen LogP contribution in [0.1, 0.15) is 386 Å². The molecule has 2 unspecified atom stereocenters. The van der Waals surface area contributed by atoms with Gasteiger partial charge in [-0.25, -0.2) is 0 Å². The fourth-order valence-electron chi connectivity index (χ4n) is 11.0. The molecule has 460 valence electrons. The zero-order valence-corrected chi connectivity index (χ0v) is 52.7. The molecule has 0 fully saturated rings. The van der Waals surface area contributed by atoms with Gasteiger partial charge in [-0.3, -0.25) is 9.59 Å². The molecule has 0 aromatic rings. The fourth-order valence-corrected chi connectivity index (χ4v) is 11.0. The SMILES string of the molecule is CCCCC/C=C\C/C=C\CCCCCCCCCCCC(=O)OCCCCCCCCCCCCCC/C=C\CCCCCCCCCC(=O)NC(CO)C(O)CCCCCCCCCCCCCCCCCCCCC. The van der Waals surface area contributed by atoms with E-state index in [0.717, 1.165) is 51.4 Å². The molecule has 0 saturated heterocycles. The van der Waals surface area contributed by atoms with E-state index in [-0.39, 0.29) is 18.5 Å². The second-order valence-electron chi connectivity index (χ2n) is 24.2. The number of aliphatic hydroxyl groups excluding tert-OH is 2. The van der Waals surface area contributed by atoms with Gasteiger partial charge in [0.25, 0.3) is 0 Å². The minimum Gasteiger partial charge on any atom is -0.466 e. The predicted octanol–water partition coefficient (Wildman–Crippen LogP) is 22.7. The van der Waals surface area contributed by atoms with Gasteiger partial charge >= 0.3 is 5.97 Å².